The largest absolute Gasteiger partial charge is 0.557 e. The topological polar surface area (TPSA) is 526 Å². The quantitative estimate of drug-likeness (QED) is 0.0579. The van der Waals surface area contributed by atoms with Crippen molar-refractivity contribution in [1.29, 1.82) is 0 Å². The zero-order valence-electron chi connectivity index (χ0n) is 74.2. The van der Waals surface area contributed by atoms with Gasteiger partial charge in [-0.2, -0.15) is 56.2 Å². The molecule has 0 aliphatic carbocycles. The van der Waals surface area contributed by atoms with Gasteiger partial charge in [0.05, 0.1) is 109 Å². The van der Waals surface area contributed by atoms with E-state index in [0.29, 0.717) is 68.4 Å². The number of hydrogen-bond donors (Lipinski definition) is 0. The summed E-state index contributed by atoms with van der Waals surface area (Å²) in [5, 5.41) is 45.7. The van der Waals surface area contributed by atoms with Crippen LogP contribution in [0.1, 0.15) is 51.4 Å². The molecule has 0 fully saturated rings. The summed E-state index contributed by atoms with van der Waals surface area (Å²) in [5.41, 5.74) is 7.13. The van der Waals surface area contributed by atoms with Gasteiger partial charge in [-0.05, 0) is 207 Å². The van der Waals surface area contributed by atoms with Gasteiger partial charge in [-0.25, -0.2) is 33.2 Å². The third-order valence-corrected chi connectivity index (χ3v) is 20.3. The standard InChI is InChI=1S/C15H15N6O2.C14H13N6O2.C13H10BrN6O2.C13H10ClN6O2.C13H10FN6O2.C13H10IN6O2.6Y/c1-3-11-5-4-6-13(21-15(22)20(2)18-19-21)12(11)10-23-14-9-16-7-8-17-14;1-10-4-3-5-12(20-14(21)19(2)17-18-20)11(10)9-22-13-8-15-6-7-16-13;4*1-19-13(21)20(18-17-19)11-4-2-3-10(14)9(11)8-22-12-7-15-5-6-16-12;;;;;;/h4-7,9H,3,10H2,1-2H3;3-6,8H,9H2,1-2H3;4*2-5,7H,8H2,1H3;;;;;;/q6*-1;;;;;;. The number of aromatic nitrogens is 36. The van der Waals surface area contributed by atoms with E-state index in [2.05, 4.69) is 198 Å². The van der Waals surface area contributed by atoms with Gasteiger partial charge in [0.25, 0.3) is 0 Å². The van der Waals surface area contributed by atoms with Gasteiger partial charge >= 0.3 is 34.1 Å². The maximum atomic E-state index is 14.1. The maximum Gasteiger partial charge on any atom is 0.368 e. The van der Waals surface area contributed by atoms with E-state index in [-0.39, 0.29) is 281 Å². The Morgan fingerprint density at radius 1 is 0.324 bits per heavy atom. The normalized spacial score (nSPS) is 10.2. The number of ether oxygens (including phenoxy) is 6. The van der Waals surface area contributed by atoms with E-state index in [1.165, 1.54) is 140 Å². The Hall–Kier alpha value is -10.1. The Labute approximate surface area is 963 Å². The molecule has 0 N–H and O–H groups in total. The summed E-state index contributed by atoms with van der Waals surface area (Å²) in [7, 11) is 9.16. The fourth-order valence-corrected chi connectivity index (χ4v) is 12.9. The van der Waals surface area contributed by atoms with Gasteiger partial charge in [-0.15, -0.1) is 37.2 Å². The molecule has 0 aliphatic heterocycles. The second kappa shape index (κ2) is 57.7. The molecule has 48 nitrogen and oxygen atoms in total. The molecule has 0 atom stereocenters. The molecular weight excluding hydrogens is 2460 g/mol. The minimum Gasteiger partial charge on any atom is -0.557 e. The summed E-state index contributed by atoms with van der Waals surface area (Å²) in [4.78, 5) is 119. The molecule has 0 unspecified atom stereocenters. The van der Waals surface area contributed by atoms with Crippen LogP contribution in [0, 0.1) is 53.5 Å². The van der Waals surface area contributed by atoms with E-state index in [9.17, 15) is 33.2 Å². The zero-order valence-corrected chi connectivity index (χ0v) is 95.8. The van der Waals surface area contributed by atoms with Crippen LogP contribution in [0.5, 0.6) is 35.3 Å². The maximum absolute atomic E-state index is 14.1. The molecule has 18 aromatic rings. The van der Waals surface area contributed by atoms with Crippen molar-refractivity contribution < 1.29 is 229 Å². The first-order chi connectivity index (χ1) is 64.5. The molecule has 6 radical (unpaired) electrons. The van der Waals surface area contributed by atoms with Crippen LogP contribution in [-0.4, -0.2) is 179 Å². The number of rotatable bonds is 25. The molecule has 139 heavy (non-hydrogen) atoms. The third kappa shape index (κ3) is 30.9. The van der Waals surface area contributed by atoms with Crippen molar-refractivity contribution in [2.75, 3.05) is 0 Å². The Morgan fingerprint density at radius 2 is 0.576 bits per heavy atom. The summed E-state index contributed by atoms with van der Waals surface area (Å²) in [6.07, 6.45) is 33.7. The molecule has 12 aromatic heterocycles. The summed E-state index contributed by atoms with van der Waals surface area (Å²) in [5.74, 6) is 1.42. The van der Waals surface area contributed by atoms with Gasteiger partial charge in [0.1, 0.15) is 5.82 Å². The van der Waals surface area contributed by atoms with Crippen LogP contribution in [0.4, 0.5) is 4.39 Å². The van der Waals surface area contributed by atoms with Gasteiger partial charge in [-0.1, -0.05) is 83.0 Å². The van der Waals surface area contributed by atoms with Crippen LogP contribution in [0.3, 0.4) is 0 Å². The van der Waals surface area contributed by atoms with Crippen molar-refractivity contribution in [3.8, 4) is 69.4 Å². The number of aryl methyl sites for hydroxylation is 8. The van der Waals surface area contributed by atoms with Crippen LogP contribution in [0.2, 0.25) is 5.02 Å². The van der Waals surface area contributed by atoms with E-state index in [4.69, 9.17) is 40.0 Å². The number of nitrogens with zero attached hydrogens (tertiary/aromatic N) is 36. The van der Waals surface area contributed by atoms with Gasteiger partial charge < -0.3 is 58.3 Å². The summed E-state index contributed by atoms with van der Waals surface area (Å²) in [6.45, 7) is 4.83. The summed E-state index contributed by atoms with van der Waals surface area (Å²) >= 11 is 11.8. The smallest absolute Gasteiger partial charge is 0.368 e. The Kier molecular flexibility index (Phi) is 48.1. The fourth-order valence-electron chi connectivity index (χ4n) is 11.6. The molecule has 0 aliphatic rings. The van der Waals surface area contributed by atoms with Crippen LogP contribution < -0.4 is 62.6 Å². The van der Waals surface area contributed by atoms with E-state index in [1.54, 1.807) is 69.7 Å². The van der Waals surface area contributed by atoms with E-state index in [1.807, 2.05) is 62.4 Å². The summed E-state index contributed by atoms with van der Waals surface area (Å²) < 4.78 is 63.1. The molecule has 18 rings (SSSR count). The predicted octanol–water partition coefficient (Wildman–Crippen LogP) is 3.83. The molecule has 0 amide bonds. The minimum absolute atomic E-state index is 0. The van der Waals surface area contributed by atoms with Gasteiger partial charge in [0.2, 0.25) is 0 Å². The van der Waals surface area contributed by atoms with E-state index in [0.717, 1.165) is 71.3 Å². The van der Waals surface area contributed by atoms with Crippen LogP contribution in [0.25, 0.3) is 34.1 Å². The first kappa shape index (κ1) is 116. The average Bonchev–Trinajstić information content (AvgIpc) is 1.74. The van der Waals surface area contributed by atoms with Crippen molar-refractivity contribution in [3.05, 3.63) is 347 Å². The molecule has 0 spiro atoms. The third-order valence-electron chi connectivity index (χ3n) is 18.2. The first-order valence-corrected chi connectivity index (χ1v) is 40.9. The van der Waals surface area contributed by atoms with Crippen molar-refractivity contribution in [3.63, 3.8) is 0 Å². The second-order valence-corrected chi connectivity index (χ2v) is 29.1. The number of tetrazole rings is 6. The molecule has 696 valence electrons. The fraction of sp³-hybridized carbons (Fsp3) is 0.185. The van der Waals surface area contributed by atoms with Gasteiger partial charge in [0, 0.05) is 322 Å². The van der Waals surface area contributed by atoms with Crippen molar-refractivity contribution >= 4 is 50.1 Å². The number of halogens is 4. The second-order valence-electron chi connectivity index (χ2n) is 26.7. The van der Waals surface area contributed by atoms with Crippen LogP contribution in [0.15, 0.2) is 217 Å². The van der Waals surface area contributed by atoms with E-state index >= 15 is 0 Å². The molecule has 0 bridgehead atoms. The summed E-state index contributed by atoms with van der Waals surface area (Å²) in [6, 6.07) is 31.7. The van der Waals surface area contributed by atoms with Crippen LogP contribution in [-0.2, 0) is 285 Å². The van der Waals surface area contributed by atoms with Crippen LogP contribution >= 0.6 is 50.1 Å². The van der Waals surface area contributed by atoms with Gasteiger partial charge in [0.15, 0.2) is 0 Å². The van der Waals surface area contributed by atoms with Crippen molar-refractivity contribution in [2.24, 2.45) is 42.3 Å². The van der Waals surface area contributed by atoms with Crippen molar-refractivity contribution in [2.45, 2.75) is 59.9 Å². The minimum atomic E-state index is -0.525. The predicted molar refractivity (Wildman–Crippen MR) is 470 cm³/mol. The average molecular weight is 2530 g/mol. The Balaban J connectivity index is 0.000000225. The molecule has 12 heterocycles. The molecular formula is C81H68BrClFIN36O12Y6-6. The Bertz CT molecular complexity index is 6520. The number of benzene rings is 6. The molecule has 0 saturated carbocycles. The van der Waals surface area contributed by atoms with E-state index < -0.39 is 11.5 Å². The number of hydrogen-bond acceptors (Lipinski definition) is 36. The van der Waals surface area contributed by atoms with Gasteiger partial charge in [-0.3, -0.25) is 29.9 Å². The van der Waals surface area contributed by atoms with Crippen molar-refractivity contribution in [1.82, 2.24) is 179 Å². The Morgan fingerprint density at radius 3 is 0.899 bits per heavy atom. The molecule has 58 heteroatoms. The molecule has 6 aromatic carbocycles. The SMILES string of the molecule is CCc1cccc(-n2nnn(C)c2=O)c1COc1cnc[c-]n1.Cc1cccc(-n2nnn(C)c2=O)c1COc1cnc[c-]n1.Cn1nnn(-c2cccc(Br)c2COc2cnc[c-]n2)c1=O.Cn1nnn(-c2cccc(Cl)c2COc2cnc[c-]n2)c1=O.Cn1nnn(-c2cccc(F)c2COc2cnc[c-]n2)c1=O.Cn1nnn(-c2cccc(I)c2COc2cnc[c-]n2)c1=O.[Y].[Y].[Y].[Y].[Y].[Y]. The first-order valence-electron chi connectivity index (χ1n) is 38.6. The zero-order chi connectivity index (χ0) is 93.9. The molecule has 0 saturated heterocycles. The monoisotopic (exact) mass is 2530 g/mol.